The molecule has 9 aromatic carbocycles. The fraction of sp³-hybridized carbons (Fsp3) is 0.0339. The molecule has 0 saturated carbocycles. The van der Waals surface area contributed by atoms with Crippen LogP contribution in [0.1, 0.15) is 44.5 Å². The van der Waals surface area contributed by atoms with Gasteiger partial charge in [-0.25, -0.2) is 15.0 Å². The summed E-state index contributed by atoms with van der Waals surface area (Å²) in [6.07, 6.45) is 0. The summed E-state index contributed by atoms with van der Waals surface area (Å²) in [7, 11) is 0. The Bertz CT molecular complexity index is 3270. The number of nitrogens with zero attached hydrogens (tertiary/aromatic N) is 3. The second-order valence-corrected chi connectivity index (χ2v) is 16.6. The van der Waals surface area contributed by atoms with E-state index in [1.54, 1.807) is 0 Å². The minimum Gasteiger partial charge on any atom is -0.208 e. The number of hydrogen-bond donors (Lipinski definition) is 0. The predicted octanol–water partition coefficient (Wildman–Crippen LogP) is 13.6. The summed E-state index contributed by atoms with van der Waals surface area (Å²) < 4.78 is 0. The quantitative estimate of drug-likeness (QED) is 0.178. The van der Waals surface area contributed by atoms with Gasteiger partial charge in [-0.3, -0.25) is 0 Å². The molecule has 3 aliphatic rings. The van der Waals surface area contributed by atoms with E-state index in [0.29, 0.717) is 17.5 Å². The van der Waals surface area contributed by atoms with Gasteiger partial charge in [0.15, 0.2) is 17.5 Å². The molecule has 13 rings (SSSR count). The molecular weight excluding hydrogens is 751 g/mol. The Kier molecular flexibility index (Phi) is 7.44. The lowest BCUT2D eigenvalue weighted by molar-refractivity contribution is 0.634. The fourth-order valence-corrected chi connectivity index (χ4v) is 11.3. The van der Waals surface area contributed by atoms with Crippen molar-refractivity contribution in [2.75, 3.05) is 0 Å². The molecule has 3 aliphatic carbocycles. The van der Waals surface area contributed by atoms with Gasteiger partial charge in [-0.2, -0.15) is 0 Å². The second kappa shape index (κ2) is 13.2. The van der Waals surface area contributed by atoms with Crippen LogP contribution >= 0.6 is 0 Å². The molecule has 2 spiro atoms. The van der Waals surface area contributed by atoms with Crippen molar-refractivity contribution in [2.24, 2.45) is 0 Å². The average molecular weight is 788 g/mol. The summed E-state index contributed by atoms with van der Waals surface area (Å²) in [5, 5.41) is 0. The number of rotatable bonds is 4. The van der Waals surface area contributed by atoms with Crippen LogP contribution in [0.3, 0.4) is 0 Å². The van der Waals surface area contributed by atoms with Gasteiger partial charge in [0.2, 0.25) is 0 Å². The van der Waals surface area contributed by atoms with Crippen LogP contribution in [0.15, 0.2) is 224 Å². The van der Waals surface area contributed by atoms with Crippen molar-refractivity contribution in [2.45, 2.75) is 10.8 Å². The fourth-order valence-electron chi connectivity index (χ4n) is 11.3. The molecule has 0 fully saturated rings. The highest BCUT2D eigenvalue weighted by Gasteiger charge is 2.59. The average Bonchev–Trinajstić information content (AvgIpc) is 3.82. The van der Waals surface area contributed by atoms with E-state index in [1.165, 1.54) is 72.3 Å². The molecule has 0 bridgehead atoms. The second-order valence-electron chi connectivity index (χ2n) is 16.6. The molecule has 3 heteroatoms. The van der Waals surface area contributed by atoms with Crippen LogP contribution in [0.5, 0.6) is 0 Å². The molecule has 1 heterocycles. The lowest BCUT2D eigenvalue weighted by Gasteiger charge is -2.49. The van der Waals surface area contributed by atoms with Crippen molar-refractivity contribution < 1.29 is 0 Å². The first-order valence-electron chi connectivity index (χ1n) is 21.4. The molecule has 288 valence electrons. The number of hydrogen-bond acceptors (Lipinski definition) is 3. The topological polar surface area (TPSA) is 38.7 Å². The molecule has 0 aliphatic heterocycles. The highest BCUT2D eigenvalue weighted by atomic mass is 15.0. The van der Waals surface area contributed by atoms with Gasteiger partial charge in [0, 0.05) is 16.7 Å². The predicted molar refractivity (Wildman–Crippen MR) is 250 cm³/mol. The van der Waals surface area contributed by atoms with E-state index >= 15 is 0 Å². The third-order valence-electron chi connectivity index (χ3n) is 13.6. The summed E-state index contributed by atoms with van der Waals surface area (Å²) in [6, 6.07) is 82.0. The van der Waals surface area contributed by atoms with E-state index in [9.17, 15) is 0 Å². The molecular formula is C59H37N3. The minimum atomic E-state index is -0.614. The molecule has 0 radical (unpaired) electrons. The normalized spacial score (nSPS) is 14.1. The van der Waals surface area contributed by atoms with Gasteiger partial charge >= 0.3 is 0 Å². The summed E-state index contributed by atoms with van der Waals surface area (Å²) >= 11 is 0. The summed E-state index contributed by atoms with van der Waals surface area (Å²) in [6.45, 7) is 0. The van der Waals surface area contributed by atoms with Gasteiger partial charge in [-0.1, -0.05) is 218 Å². The van der Waals surface area contributed by atoms with E-state index in [0.717, 1.165) is 22.3 Å². The van der Waals surface area contributed by atoms with Crippen LogP contribution in [0.2, 0.25) is 0 Å². The van der Waals surface area contributed by atoms with Crippen LogP contribution in [0, 0.1) is 0 Å². The molecule has 3 nitrogen and oxygen atoms in total. The molecule has 0 amide bonds. The Morgan fingerprint density at radius 2 is 0.548 bits per heavy atom. The van der Waals surface area contributed by atoms with E-state index in [4.69, 9.17) is 15.0 Å². The first kappa shape index (κ1) is 34.8. The molecule has 0 unspecified atom stereocenters. The van der Waals surface area contributed by atoms with Crippen molar-refractivity contribution in [1.82, 2.24) is 15.0 Å². The minimum absolute atomic E-state index is 0.562. The smallest absolute Gasteiger partial charge is 0.164 e. The van der Waals surface area contributed by atoms with Gasteiger partial charge in [-0.15, -0.1) is 0 Å². The number of fused-ring (bicyclic) bond motifs is 16. The molecule has 10 aromatic rings. The summed E-state index contributed by atoms with van der Waals surface area (Å²) in [4.78, 5) is 15.3. The third-order valence-corrected chi connectivity index (χ3v) is 13.6. The SMILES string of the molecule is c1ccc(-c2nc(-c3ccccc3)nc(-c3cccc(-c4cccc5c4C4(c6ccccc6-c6ccccc64)c4ccccc4C54c5ccccc5-c5ccccc54)c3)n2)cc1. The Hall–Kier alpha value is -8.01. The Balaban J connectivity index is 1.14. The highest BCUT2D eigenvalue weighted by Crippen LogP contribution is 2.68. The molecule has 0 N–H and O–H groups in total. The van der Waals surface area contributed by atoms with Crippen LogP contribution in [0.4, 0.5) is 0 Å². The van der Waals surface area contributed by atoms with Gasteiger partial charge in [0.25, 0.3) is 0 Å². The van der Waals surface area contributed by atoms with Crippen molar-refractivity contribution in [3.63, 3.8) is 0 Å². The summed E-state index contributed by atoms with van der Waals surface area (Å²) in [5.74, 6) is 1.93. The van der Waals surface area contributed by atoms with Crippen LogP contribution in [0.25, 0.3) is 67.5 Å². The maximum atomic E-state index is 5.17. The zero-order valence-corrected chi connectivity index (χ0v) is 33.7. The molecule has 1 aromatic heterocycles. The van der Waals surface area contributed by atoms with Gasteiger partial charge in [0.1, 0.15) is 0 Å². The van der Waals surface area contributed by atoms with Crippen molar-refractivity contribution >= 4 is 0 Å². The largest absolute Gasteiger partial charge is 0.208 e. The van der Waals surface area contributed by atoms with Crippen LogP contribution in [-0.4, -0.2) is 15.0 Å². The van der Waals surface area contributed by atoms with Crippen molar-refractivity contribution in [3.8, 4) is 67.5 Å². The molecule has 62 heavy (non-hydrogen) atoms. The Morgan fingerprint density at radius 1 is 0.226 bits per heavy atom. The Morgan fingerprint density at radius 3 is 1.05 bits per heavy atom. The standard InChI is InChI=1S/C59H37N3/c1-3-19-38(20-4-1)55-60-56(39-21-5-2-6-22-39)62-57(61-55)41-24-17-23-40(37-41)42-29-18-36-53-54(42)59(49-32-13-9-27-45(49)46-28-10-14-33-50(46)59)52-35-16-15-34-51(52)58(53)47-30-11-7-25-43(47)44-26-8-12-31-48(44)58/h1-37H. The molecule has 0 saturated heterocycles. The van der Waals surface area contributed by atoms with Crippen LogP contribution < -0.4 is 0 Å². The van der Waals surface area contributed by atoms with Crippen LogP contribution in [-0.2, 0) is 10.8 Å². The highest BCUT2D eigenvalue weighted by molar-refractivity contribution is 5.96. The van der Waals surface area contributed by atoms with Gasteiger partial charge in [0.05, 0.1) is 10.8 Å². The van der Waals surface area contributed by atoms with Gasteiger partial charge < -0.3 is 0 Å². The lowest BCUT2D eigenvalue weighted by Crippen LogP contribution is -2.44. The first-order valence-corrected chi connectivity index (χ1v) is 21.4. The number of benzene rings is 9. The maximum absolute atomic E-state index is 5.17. The zero-order valence-electron chi connectivity index (χ0n) is 33.7. The van der Waals surface area contributed by atoms with Crippen molar-refractivity contribution in [3.05, 3.63) is 269 Å². The zero-order chi connectivity index (χ0) is 40.8. The lowest BCUT2D eigenvalue weighted by atomic mass is 9.51. The maximum Gasteiger partial charge on any atom is 0.164 e. The Labute approximate surface area is 360 Å². The summed E-state index contributed by atoms with van der Waals surface area (Å²) in [5.41, 5.74) is 19.6. The number of aromatic nitrogens is 3. The van der Waals surface area contributed by atoms with Gasteiger partial charge in [-0.05, 0) is 84.0 Å². The van der Waals surface area contributed by atoms with E-state index in [1.807, 2.05) is 36.4 Å². The van der Waals surface area contributed by atoms with E-state index in [2.05, 4.69) is 188 Å². The monoisotopic (exact) mass is 787 g/mol. The van der Waals surface area contributed by atoms with Crippen molar-refractivity contribution in [1.29, 1.82) is 0 Å². The van der Waals surface area contributed by atoms with E-state index in [-0.39, 0.29) is 0 Å². The van der Waals surface area contributed by atoms with E-state index < -0.39 is 10.8 Å². The first-order chi connectivity index (χ1) is 30.8. The molecule has 0 atom stereocenters. The third kappa shape index (κ3) is 4.62.